The van der Waals surface area contributed by atoms with Gasteiger partial charge in [-0.3, -0.25) is 9.69 Å². The van der Waals surface area contributed by atoms with Crippen molar-refractivity contribution in [3.8, 4) is 5.75 Å². The van der Waals surface area contributed by atoms with Crippen molar-refractivity contribution in [1.82, 2.24) is 10.2 Å². The van der Waals surface area contributed by atoms with Crippen LogP contribution >= 0.6 is 11.3 Å². The van der Waals surface area contributed by atoms with E-state index in [4.69, 9.17) is 4.74 Å². The number of carbonyl (C=O) groups excluding carboxylic acids is 1. The monoisotopic (exact) mass is 372 g/mol. The van der Waals surface area contributed by atoms with Crippen molar-refractivity contribution in [2.24, 2.45) is 0 Å². The highest BCUT2D eigenvalue weighted by atomic mass is 32.1. The van der Waals surface area contributed by atoms with E-state index in [0.29, 0.717) is 18.7 Å². The van der Waals surface area contributed by atoms with Crippen LogP contribution in [0.4, 0.5) is 0 Å². The van der Waals surface area contributed by atoms with Crippen molar-refractivity contribution in [2.45, 2.75) is 38.6 Å². The molecule has 0 saturated carbocycles. The fourth-order valence-electron chi connectivity index (χ4n) is 3.36. The number of benzene rings is 1. The van der Waals surface area contributed by atoms with E-state index < -0.39 is 0 Å². The molecule has 0 bridgehead atoms. The summed E-state index contributed by atoms with van der Waals surface area (Å²) in [6, 6.07) is 12.0. The SMILES string of the molecule is CCCOc1cccc(C(=O)NC[C@@H](c2cccs2)N2CCCCC2)c1. The molecule has 5 heteroatoms. The van der Waals surface area contributed by atoms with E-state index in [1.54, 1.807) is 11.3 Å². The molecule has 0 spiro atoms. The molecule has 1 amide bonds. The first-order valence-corrected chi connectivity index (χ1v) is 10.4. The zero-order valence-electron chi connectivity index (χ0n) is 15.4. The lowest BCUT2D eigenvalue weighted by Crippen LogP contribution is -2.40. The fourth-order valence-corrected chi connectivity index (χ4v) is 4.22. The largest absolute Gasteiger partial charge is 0.494 e. The van der Waals surface area contributed by atoms with Crippen molar-refractivity contribution < 1.29 is 9.53 Å². The van der Waals surface area contributed by atoms with E-state index in [-0.39, 0.29) is 11.9 Å². The number of nitrogens with zero attached hydrogens (tertiary/aromatic N) is 1. The van der Waals surface area contributed by atoms with Crippen LogP contribution in [0.2, 0.25) is 0 Å². The lowest BCUT2D eigenvalue weighted by molar-refractivity contribution is 0.0925. The van der Waals surface area contributed by atoms with Gasteiger partial charge in [0.25, 0.3) is 5.91 Å². The second-order valence-corrected chi connectivity index (χ2v) is 7.69. The summed E-state index contributed by atoms with van der Waals surface area (Å²) in [6.45, 7) is 5.60. The van der Waals surface area contributed by atoms with Crippen LogP contribution in [-0.2, 0) is 0 Å². The molecule has 1 aromatic carbocycles. The molecule has 0 unspecified atom stereocenters. The molecule has 0 radical (unpaired) electrons. The highest BCUT2D eigenvalue weighted by Gasteiger charge is 2.23. The van der Waals surface area contributed by atoms with Gasteiger partial charge in [0.05, 0.1) is 12.6 Å². The highest BCUT2D eigenvalue weighted by molar-refractivity contribution is 7.10. The topological polar surface area (TPSA) is 41.6 Å². The smallest absolute Gasteiger partial charge is 0.251 e. The van der Waals surface area contributed by atoms with Gasteiger partial charge in [-0.2, -0.15) is 0 Å². The zero-order valence-corrected chi connectivity index (χ0v) is 16.3. The van der Waals surface area contributed by atoms with Gasteiger partial charge in [-0.15, -0.1) is 11.3 Å². The van der Waals surface area contributed by atoms with Crippen molar-refractivity contribution in [1.29, 1.82) is 0 Å². The Hall–Kier alpha value is -1.85. The Bertz CT molecular complexity index is 681. The molecule has 1 aromatic heterocycles. The van der Waals surface area contributed by atoms with Crippen LogP contribution in [0.5, 0.6) is 5.75 Å². The van der Waals surface area contributed by atoms with Crippen molar-refractivity contribution >= 4 is 17.2 Å². The number of piperidine rings is 1. The summed E-state index contributed by atoms with van der Waals surface area (Å²) in [4.78, 5) is 16.5. The van der Waals surface area contributed by atoms with Gasteiger partial charge in [-0.05, 0) is 62.0 Å². The van der Waals surface area contributed by atoms with Gasteiger partial charge in [0.2, 0.25) is 0 Å². The third kappa shape index (κ3) is 5.08. The lowest BCUT2D eigenvalue weighted by atomic mass is 10.1. The number of hydrogen-bond donors (Lipinski definition) is 1. The number of carbonyl (C=O) groups is 1. The van der Waals surface area contributed by atoms with Crippen LogP contribution in [-0.4, -0.2) is 37.0 Å². The molecule has 4 nitrogen and oxygen atoms in total. The average molecular weight is 373 g/mol. The molecule has 1 saturated heterocycles. The molecule has 2 heterocycles. The van der Waals surface area contributed by atoms with Crippen LogP contribution in [0, 0.1) is 0 Å². The van der Waals surface area contributed by atoms with Crippen LogP contribution < -0.4 is 10.1 Å². The van der Waals surface area contributed by atoms with Gasteiger partial charge in [-0.1, -0.05) is 25.5 Å². The van der Waals surface area contributed by atoms with E-state index in [1.807, 2.05) is 24.3 Å². The summed E-state index contributed by atoms with van der Waals surface area (Å²) in [7, 11) is 0. The molecule has 2 aromatic rings. The van der Waals surface area contributed by atoms with Crippen LogP contribution in [0.15, 0.2) is 41.8 Å². The molecule has 1 fully saturated rings. The molecular weight excluding hydrogens is 344 g/mol. The lowest BCUT2D eigenvalue weighted by Gasteiger charge is -2.34. The maximum atomic E-state index is 12.6. The molecule has 140 valence electrons. The summed E-state index contributed by atoms with van der Waals surface area (Å²) in [5, 5.41) is 5.25. The zero-order chi connectivity index (χ0) is 18.2. The van der Waals surface area contributed by atoms with Gasteiger partial charge in [-0.25, -0.2) is 0 Å². The Kier molecular flexibility index (Phi) is 7.09. The minimum Gasteiger partial charge on any atom is -0.494 e. The Balaban J connectivity index is 1.64. The first-order valence-electron chi connectivity index (χ1n) is 9.56. The van der Waals surface area contributed by atoms with Gasteiger partial charge in [0.15, 0.2) is 0 Å². The maximum Gasteiger partial charge on any atom is 0.251 e. The molecule has 1 N–H and O–H groups in total. The molecular formula is C21H28N2O2S. The van der Waals surface area contributed by atoms with Gasteiger partial charge < -0.3 is 10.1 Å². The van der Waals surface area contributed by atoms with Crippen molar-refractivity contribution in [3.63, 3.8) is 0 Å². The van der Waals surface area contributed by atoms with E-state index >= 15 is 0 Å². The molecule has 1 atom stereocenters. The van der Waals surface area contributed by atoms with E-state index in [9.17, 15) is 4.79 Å². The normalized spacial score (nSPS) is 16.2. The van der Waals surface area contributed by atoms with Crippen LogP contribution in [0.25, 0.3) is 0 Å². The molecule has 26 heavy (non-hydrogen) atoms. The summed E-state index contributed by atoms with van der Waals surface area (Å²) >= 11 is 1.77. The Morgan fingerprint density at radius 3 is 2.81 bits per heavy atom. The summed E-state index contributed by atoms with van der Waals surface area (Å²) in [5.74, 6) is 0.718. The number of ether oxygens (including phenoxy) is 1. The van der Waals surface area contributed by atoms with E-state index in [0.717, 1.165) is 25.3 Å². The van der Waals surface area contributed by atoms with E-state index in [1.165, 1.54) is 24.1 Å². The number of thiophene rings is 1. The number of nitrogens with one attached hydrogen (secondary N) is 1. The third-order valence-corrected chi connectivity index (χ3v) is 5.70. The Morgan fingerprint density at radius 2 is 2.08 bits per heavy atom. The first-order chi connectivity index (χ1) is 12.8. The predicted molar refractivity (Wildman–Crippen MR) is 107 cm³/mol. The molecule has 1 aliphatic heterocycles. The highest BCUT2D eigenvalue weighted by Crippen LogP contribution is 2.27. The second-order valence-electron chi connectivity index (χ2n) is 6.71. The third-order valence-electron chi connectivity index (χ3n) is 4.73. The van der Waals surface area contributed by atoms with Crippen molar-refractivity contribution in [2.75, 3.05) is 26.2 Å². The number of hydrogen-bond acceptors (Lipinski definition) is 4. The molecule has 3 rings (SSSR count). The second kappa shape index (κ2) is 9.74. The minimum absolute atomic E-state index is 0.0366. The maximum absolute atomic E-state index is 12.6. The van der Waals surface area contributed by atoms with Gasteiger partial charge in [0.1, 0.15) is 5.75 Å². The minimum atomic E-state index is -0.0366. The first kappa shape index (κ1) is 18.9. The van der Waals surface area contributed by atoms with Crippen LogP contribution in [0.1, 0.15) is 53.9 Å². The summed E-state index contributed by atoms with van der Waals surface area (Å²) < 4.78 is 5.64. The quantitative estimate of drug-likeness (QED) is 0.742. The molecule has 0 aliphatic carbocycles. The average Bonchev–Trinajstić information content (AvgIpc) is 3.22. The predicted octanol–water partition coefficient (Wildman–Crippen LogP) is 4.49. The van der Waals surface area contributed by atoms with Crippen LogP contribution in [0.3, 0.4) is 0 Å². The summed E-state index contributed by atoms with van der Waals surface area (Å²) in [5.41, 5.74) is 0.655. The van der Waals surface area contributed by atoms with Gasteiger partial charge >= 0.3 is 0 Å². The standard InChI is InChI=1S/C21H28N2O2S/c1-2-13-25-18-9-6-8-17(15-18)21(24)22-16-19(20-10-7-14-26-20)23-11-4-3-5-12-23/h6-10,14-15,19H,2-5,11-13,16H2,1H3,(H,22,24)/t19-/m0/s1. The van der Waals surface area contributed by atoms with Gasteiger partial charge in [0, 0.05) is 17.0 Å². The Morgan fingerprint density at radius 1 is 1.23 bits per heavy atom. The van der Waals surface area contributed by atoms with Crippen molar-refractivity contribution in [3.05, 3.63) is 52.2 Å². The van der Waals surface area contributed by atoms with E-state index in [2.05, 4.69) is 34.7 Å². The number of amides is 1. The number of likely N-dealkylation sites (tertiary alicyclic amines) is 1. The fraction of sp³-hybridized carbons (Fsp3) is 0.476. The number of rotatable bonds is 8. The summed E-state index contributed by atoms with van der Waals surface area (Å²) in [6.07, 6.45) is 4.75. The molecule has 1 aliphatic rings. The Labute approximate surface area is 160 Å².